The number of nitrogens with zero attached hydrogens (tertiary/aromatic N) is 1. The Hall–Kier alpha value is -1.62. The fraction of sp³-hybridized carbons (Fsp3) is 0.200. The lowest BCUT2D eigenvalue weighted by Gasteiger charge is -1.90. The number of aromatic nitrogens is 2. The highest BCUT2D eigenvalue weighted by atomic mass is 32.1. The Balaban J connectivity index is 2.31. The molecule has 0 aliphatic carbocycles. The number of methoxy groups -OCH3 is 1. The van der Waals surface area contributed by atoms with Crippen molar-refractivity contribution in [1.82, 2.24) is 10.2 Å². The molecular weight excluding hydrogens is 212 g/mol. The minimum atomic E-state index is -0.425. The molecule has 0 saturated heterocycles. The van der Waals surface area contributed by atoms with E-state index in [-0.39, 0.29) is 0 Å². The summed E-state index contributed by atoms with van der Waals surface area (Å²) in [5, 5.41) is 6.69. The number of nitrogens with one attached hydrogen (secondary N) is 1. The van der Waals surface area contributed by atoms with E-state index in [1.54, 1.807) is 17.4 Å². The van der Waals surface area contributed by atoms with E-state index < -0.39 is 5.97 Å². The fourth-order valence-electron chi connectivity index (χ4n) is 1.24. The quantitative estimate of drug-likeness (QED) is 0.793. The first-order valence-electron chi connectivity index (χ1n) is 4.41. The SMILES string of the molecule is COC(=O)c1cc(-c2ccc(C)s2)[nH]n1. The smallest absolute Gasteiger partial charge is 0.358 e. The van der Waals surface area contributed by atoms with E-state index in [4.69, 9.17) is 0 Å². The third-order valence-electron chi connectivity index (χ3n) is 1.98. The summed E-state index contributed by atoms with van der Waals surface area (Å²) < 4.78 is 4.57. The predicted molar refractivity (Wildman–Crippen MR) is 58.0 cm³/mol. The first kappa shape index (κ1) is 9.92. The maximum absolute atomic E-state index is 11.2. The molecule has 0 fully saturated rings. The lowest BCUT2D eigenvalue weighted by Crippen LogP contribution is -2.00. The highest BCUT2D eigenvalue weighted by Gasteiger charge is 2.11. The van der Waals surface area contributed by atoms with Gasteiger partial charge in [-0.25, -0.2) is 4.79 Å². The van der Waals surface area contributed by atoms with Gasteiger partial charge in [0, 0.05) is 4.88 Å². The number of hydrogen-bond donors (Lipinski definition) is 1. The van der Waals surface area contributed by atoms with Gasteiger partial charge < -0.3 is 4.74 Å². The zero-order chi connectivity index (χ0) is 10.8. The highest BCUT2D eigenvalue weighted by Crippen LogP contribution is 2.26. The van der Waals surface area contributed by atoms with Gasteiger partial charge in [0.15, 0.2) is 5.69 Å². The molecule has 0 aliphatic heterocycles. The van der Waals surface area contributed by atoms with Gasteiger partial charge in [0.05, 0.1) is 17.7 Å². The molecule has 0 amide bonds. The van der Waals surface area contributed by atoms with Gasteiger partial charge in [-0.15, -0.1) is 11.3 Å². The first-order valence-corrected chi connectivity index (χ1v) is 5.23. The van der Waals surface area contributed by atoms with Crippen LogP contribution in [-0.4, -0.2) is 23.3 Å². The normalized spacial score (nSPS) is 10.3. The molecule has 0 radical (unpaired) electrons. The van der Waals surface area contributed by atoms with Gasteiger partial charge in [-0.3, -0.25) is 5.10 Å². The molecule has 2 rings (SSSR count). The summed E-state index contributed by atoms with van der Waals surface area (Å²) in [6.07, 6.45) is 0. The van der Waals surface area contributed by atoms with Gasteiger partial charge in [0.1, 0.15) is 0 Å². The van der Waals surface area contributed by atoms with E-state index in [2.05, 4.69) is 14.9 Å². The van der Waals surface area contributed by atoms with Crippen LogP contribution in [0.5, 0.6) is 0 Å². The molecule has 4 nitrogen and oxygen atoms in total. The molecule has 0 spiro atoms. The number of rotatable bonds is 2. The average molecular weight is 222 g/mol. The second kappa shape index (κ2) is 3.86. The van der Waals surface area contributed by atoms with Crippen LogP contribution in [0.3, 0.4) is 0 Å². The van der Waals surface area contributed by atoms with Crippen LogP contribution < -0.4 is 0 Å². The molecule has 78 valence electrons. The molecule has 0 atom stereocenters. The molecular formula is C10H10N2O2S. The van der Waals surface area contributed by atoms with Crippen molar-refractivity contribution in [3.05, 3.63) is 28.8 Å². The Morgan fingerprint density at radius 1 is 1.53 bits per heavy atom. The lowest BCUT2D eigenvalue weighted by atomic mass is 10.3. The zero-order valence-electron chi connectivity index (χ0n) is 8.40. The standard InChI is InChI=1S/C10H10N2O2S/c1-6-3-4-9(15-6)7-5-8(12-11-7)10(13)14-2/h3-5H,1-2H3,(H,11,12). The summed E-state index contributed by atoms with van der Waals surface area (Å²) in [5.41, 5.74) is 1.15. The summed E-state index contributed by atoms with van der Waals surface area (Å²) in [4.78, 5) is 13.4. The Bertz CT molecular complexity index is 487. The molecule has 0 aliphatic rings. The maximum atomic E-state index is 11.2. The van der Waals surface area contributed by atoms with E-state index in [1.165, 1.54) is 12.0 Å². The van der Waals surface area contributed by atoms with Crippen molar-refractivity contribution < 1.29 is 9.53 Å². The molecule has 0 unspecified atom stereocenters. The fourth-order valence-corrected chi connectivity index (χ4v) is 2.07. The molecule has 2 heterocycles. The first-order chi connectivity index (χ1) is 7.20. The topological polar surface area (TPSA) is 55.0 Å². The van der Waals surface area contributed by atoms with E-state index >= 15 is 0 Å². The van der Waals surface area contributed by atoms with Crippen molar-refractivity contribution in [1.29, 1.82) is 0 Å². The van der Waals surface area contributed by atoms with E-state index in [0.717, 1.165) is 10.6 Å². The lowest BCUT2D eigenvalue weighted by molar-refractivity contribution is 0.0594. The molecule has 0 aromatic carbocycles. The number of ether oxygens (including phenoxy) is 1. The van der Waals surface area contributed by atoms with E-state index in [0.29, 0.717) is 5.69 Å². The van der Waals surface area contributed by atoms with Crippen LogP contribution in [0, 0.1) is 6.92 Å². The van der Waals surface area contributed by atoms with Crippen LogP contribution >= 0.6 is 11.3 Å². The number of hydrogen-bond acceptors (Lipinski definition) is 4. The van der Waals surface area contributed by atoms with Crippen LogP contribution in [-0.2, 0) is 4.74 Å². The van der Waals surface area contributed by atoms with Gasteiger partial charge in [0.2, 0.25) is 0 Å². The Kier molecular flexibility index (Phi) is 2.55. The molecule has 0 bridgehead atoms. The summed E-state index contributed by atoms with van der Waals surface area (Å²) >= 11 is 1.65. The van der Waals surface area contributed by atoms with Crippen LogP contribution in [0.2, 0.25) is 0 Å². The average Bonchev–Trinajstić information content (AvgIpc) is 2.84. The summed E-state index contributed by atoms with van der Waals surface area (Å²) in [6.45, 7) is 2.03. The van der Waals surface area contributed by atoms with Gasteiger partial charge in [0.25, 0.3) is 0 Å². The third kappa shape index (κ3) is 1.92. The second-order valence-electron chi connectivity index (χ2n) is 3.07. The van der Waals surface area contributed by atoms with E-state index in [1.807, 2.05) is 19.1 Å². The van der Waals surface area contributed by atoms with Crippen LogP contribution in [0.4, 0.5) is 0 Å². The van der Waals surface area contributed by atoms with Gasteiger partial charge in [-0.2, -0.15) is 5.10 Å². The number of thiophene rings is 1. The minimum Gasteiger partial charge on any atom is -0.464 e. The molecule has 2 aromatic rings. The van der Waals surface area contributed by atoms with Crippen LogP contribution in [0.25, 0.3) is 10.6 Å². The van der Waals surface area contributed by atoms with Crippen LogP contribution in [0.1, 0.15) is 15.4 Å². The van der Waals surface area contributed by atoms with E-state index in [9.17, 15) is 4.79 Å². The van der Waals surface area contributed by atoms with Crippen molar-refractivity contribution in [2.45, 2.75) is 6.92 Å². The Morgan fingerprint density at radius 2 is 2.33 bits per heavy atom. The Morgan fingerprint density at radius 3 is 2.93 bits per heavy atom. The zero-order valence-corrected chi connectivity index (χ0v) is 9.22. The highest BCUT2D eigenvalue weighted by molar-refractivity contribution is 7.15. The minimum absolute atomic E-state index is 0.304. The molecule has 15 heavy (non-hydrogen) atoms. The van der Waals surface area contributed by atoms with Crippen molar-refractivity contribution in [2.24, 2.45) is 0 Å². The van der Waals surface area contributed by atoms with Crippen LogP contribution in [0.15, 0.2) is 18.2 Å². The molecule has 2 aromatic heterocycles. The number of carbonyl (C=O) groups is 1. The number of H-pyrrole nitrogens is 1. The van der Waals surface area contributed by atoms with Gasteiger partial charge in [-0.1, -0.05) is 0 Å². The van der Waals surface area contributed by atoms with Crippen molar-refractivity contribution >= 4 is 17.3 Å². The summed E-state index contributed by atoms with van der Waals surface area (Å²) in [7, 11) is 1.34. The second-order valence-corrected chi connectivity index (χ2v) is 4.36. The van der Waals surface area contributed by atoms with Crippen molar-refractivity contribution in [3.63, 3.8) is 0 Å². The summed E-state index contributed by atoms with van der Waals surface area (Å²) in [6, 6.07) is 5.71. The maximum Gasteiger partial charge on any atom is 0.358 e. The monoisotopic (exact) mass is 222 g/mol. The summed E-state index contributed by atoms with van der Waals surface area (Å²) in [5.74, 6) is -0.425. The largest absolute Gasteiger partial charge is 0.464 e. The van der Waals surface area contributed by atoms with Gasteiger partial charge >= 0.3 is 5.97 Å². The molecule has 0 saturated carbocycles. The molecule has 5 heteroatoms. The number of aryl methyl sites for hydroxylation is 1. The number of esters is 1. The Labute approximate surface area is 90.9 Å². The number of carbonyl (C=O) groups excluding carboxylic acids is 1. The number of aromatic amines is 1. The van der Waals surface area contributed by atoms with Gasteiger partial charge in [-0.05, 0) is 25.1 Å². The van der Waals surface area contributed by atoms with Crippen molar-refractivity contribution in [2.75, 3.05) is 7.11 Å². The van der Waals surface area contributed by atoms with Crippen molar-refractivity contribution in [3.8, 4) is 10.6 Å². The molecule has 1 N–H and O–H groups in total. The third-order valence-corrected chi connectivity index (χ3v) is 3.01. The predicted octanol–water partition coefficient (Wildman–Crippen LogP) is 2.23.